The van der Waals surface area contributed by atoms with Gasteiger partial charge in [0, 0.05) is 43.0 Å². The van der Waals surface area contributed by atoms with Crippen molar-refractivity contribution in [1.82, 2.24) is 9.47 Å². The maximum Gasteiger partial charge on any atom is 0.321 e. The molecule has 2 N–H and O–H groups in total. The second-order valence-electron chi connectivity index (χ2n) is 7.92. The summed E-state index contributed by atoms with van der Waals surface area (Å²) in [5.74, 6) is 1.17. The minimum atomic E-state index is -0.167. The van der Waals surface area contributed by atoms with Gasteiger partial charge in [0.15, 0.2) is 0 Å². The minimum absolute atomic E-state index is 0.00685. The van der Waals surface area contributed by atoms with Gasteiger partial charge in [-0.1, -0.05) is 0 Å². The molecule has 164 valence electrons. The highest BCUT2D eigenvalue weighted by Gasteiger charge is 2.38. The van der Waals surface area contributed by atoms with E-state index < -0.39 is 0 Å². The lowest BCUT2D eigenvalue weighted by Crippen LogP contribution is -2.50. The Hall–Kier alpha value is -2.94. The third kappa shape index (κ3) is 4.56. The van der Waals surface area contributed by atoms with Crippen LogP contribution in [-0.4, -0.2) is 53.6 Å². The van der Waals surface area contributed by atoms with E-state index in [2.05, 4.69) is 10.6 Å². The first-order chi connectivity index (χ1) is 15.0. The highest BCUT2D eigenvalue weighted by atomic mass is 32.2. The van der Waals surface area contributed by atoms with Gasteiger partial charge in [-0.05, 0) is 48.9 Å². The quantitative estimate of drug-likeness (QED) is 0.743. The highest BCUT2D eigenvalue weighted by molar-refractivity contribution is 7.99. The van der Waals surface area contributed by atoms with E-state index in [1.165, 1.54) is 17.8 Å². The number of urea groups is 1. The Morgan fingerprint density at radius 3 is 2.58 bits per heavy atom. The lowest BCUT2D eigenvalue weighted by Gasteiger charge is -2.43. The number of piperidine rings is 1. The number of nitrogens with zero attached hydrogens (tertiary/aromatic N) is 2. The van der Waals surface area contributed by atoms with Crippen LogP contribution in [0.5, 0.6) is 5.75 Å². The normalized spacial score (nSPS) is 19.4. The summed E-state index contributed by atoms with van der Waals surface area (Å²) in [6.45, 7) is 1.63. The van der Waals surface area contributed by atoms with E-state index in [4.69, 9.17) is 4.74 Å². The van der Waals surface area contributed by atoms with Gasteiger partial charge in [-0.25, -0.2) is 4.79 Å². The fourth-order valence-electron chi connectivity index (χ4n) is 4.48. The molecule has 0 spiro atoms. The number of ether oxygens (including phenoxy) is 1. The average Bonchev–Trinajstić information content (AvgIpc) is 2.76. The van der Waals surface area contributed by atoms with Crippen molar-refractivity contribution in [2.45, 2.75) is 18.9 Å². The summed E-state index contributed by atoms with van der Waals surface area (Å²) in [6, 6.07) is 10.2. The van der Waals surface area contributed by atoms with Gasteiger partial charge in [-0.15, -0.1) is 0 Å². The molecule has 2 aliphatic rings. The number of pyridine rings is 1. The lowest BCUT2D eigenvalue weighted by atomic mass is 9.82. The number of aromatic nitrogens is 1. The number of hydrogen-bond acceptors (Lipinski definition) is 5. The predicted octanol–water partition coefficient (Wildman–Crippen LogP) is 2.81. The molecule has 0 saturated carbocycles. The molecule has 9 heteroatoms. The van der Waals surface area contributed by atoms with Gasteiger partial charge >= 0.3 is 6.03 Å². The molecule has 1 aromatic heterocycles. The minimum Gasteiger partial charge on any atom is -0.497 e. The van der Waals surface area contributed by atoms with Crippen LogP contribution in [0.1, 0.15) is 18.0 Å². The lowest BCUT2D eigenvalue weighted by molar-refractivity contribution is -0.113. The molecule has 0 radical (unpaired) electrons. The van der Waals surface area contributed by atoms with E-state index in [9.17, 15) is 14.4 Å². The Balaban J connectivity index is 1.54. The van der Waals surface area contributed by atoms with E-state index in [0.717, 1.165) is 17.9 Å². The number of carbonyl (C=O) groups excluding carboxylic acids is 2. The number of hydrogen-bond donors (Lipinski definition) is 2. The van der Waals surface area contributed by atoms with Crippen LogP contribution in [0.3, 0.4) is 0 Å². The summed E-state index contributed by atoms with van der Waals surface area (Å²) in [4.78, 5) is 39.4. The highest BCUT2D eigenvalue weighted by Crippen LogP contribution is 2.38. The number of fused-ring (bicyclic) bond motifs is 4. The molecule has 1 saturated heterocycles. The number of anilines is 2. The third-order valence-electron chi connectivity index (χ3n) is 5.77. The van der Waals surface area contributed by atoms with Crippen LogP contribution in [-0.2, 0) is 11.3 Å². The summed E-state index contributed by atoms with van der Waals surface area (Å²) in [5.41, 5.74) is 2.12. The van der Waals surface area contributed by atoms with E-state index in [-0.39, 0.29) is 29.3 Å². The molecule has 0 aliphatic carbocycles. The number of likely N-dealkylation sites (tertiary alicyclic amines) is 1. The van der Waals surface area contributed by atoms with Crippen molar-refractivity contribution in [3.05, 3.63) is 52.4 Å². The Labute approximate surface area is 185 Å². The van der Waals surface area contributed by atoms with Crippen molar-refractivity contribution in [2.75, 3.05) is 42.8 Å². The van der Waals surface area contributed by atoms with Gasteiger partial charge in [0.1, 0.15) is 5.75 Å². The van der Waals surface area contributed by atoms with Gasteiger partial charge in [0.05, 0.1) is 18.6 Å². The first-order valence-electron chi connectivity index (χ1n) is 10.2. The predicted molar refractivity (Wildman–Crippen MR) is 122 cm³/mol. The SMILES string of the molecule is COc1ccc(NC(=O)N2C[C@H]3C[C@H](C2)c2c(NC(=O)CSC)ccc(=O)n2C3)cc1. The molecular formula is C22H26N4O4S. The van der Waals surface area contributed by atoms with Gasteiger partial charge in [0.2, 0.25) is 5.91 Å². The summed E-state index contributed by atoms with van der Waals surface area (Å²) < 4.78 is 6.93. The molecule has 3 amide bonds. The van der Waals surface area contributed by atoms with Crippen molar-refractivity contribution in [3.63, 3.8) is 0 Å². The zero-order valence-corrected chi connectivity index (χ0v) is 18.4. The number of methoxy groups -OCH3 is 1. The standard InChI is InChI=1S/C22H26N4O4S/c1-30-17-5-3-16(4-6-17)23-22(29)25-10-14-9-15(12-25)21-18(24-19(27)13-31-2)7-8-20(28)26(21)11-14/h3-8,14-15H,9-13H2,1-2H3,(H,23,29)(H,24,27)/t14-,15-/m1/s1. The van der Waals surface area contributed by atoms with Crippen molar-refractivity contribution < 1.29 is 14.3 Å². The summed E-state index contributed by atoms with van der Waals surface area (Å²) in [7, 11) is 1.60. The van der Waals surface area contributed by atoms with Crippen molar-refractivity contribution >= 4 is 35.1 Å². The van der Waals surface area contributed by atoms with E-state index in [1.807, 2.05) is 6.26 Å². The molecule has 1 fully saturated rings. The van der Waals surface area contributed by atoms with Crippen molar-refractivity contribution in [2.24, 2.45) is 5.92 Å². The van der Waals surface area contributed by atoms with Crippen LogP contribution in [0.25, 0.3) is 0 Å². The monoisotopic (exact) mass is 442 g/mol. The van der Waals surface area contributed by atoms with Crippen molar-refractivity contribution in [1.29, 1.82) is 0 Å². The number of amides is 3. The molecule has 2 aliphatic heterocycles. The van der Waals surface area contributed by atoms with Crippen LogP contribution in [0.15, 0.2) is 41.2 Å². The Morgan fingerprint density at radius 1 is 1.10 bits per heavy atom. The average molecular weight is 443 g/mol. The Kier molecular flexibility index (Phi) is 6.22. The fourth-order valence-corrected chi connectivity index (χ4v) is 4.82. The largest absolute Gasteiger partial charge is 0.497 e. The van der Waals surface area contributed by atoms with Crippen LogP contribution in [0.2, 0.25) is 0 Å². The van der Waals surface area contributed by atoms with Gasteiger partial charge in [-0.3, -0.25) is 9.59 Å². The summed E-state index contributed by atoms with van der Waals surface area (Å²) in [5, 5.41) is 5.89. The van der Waals surface area contributed by atoms with E-state index in [0.29, 0.717) is 36.8 Å². The number of benzene rings is 1. The molecule has 2 aromatic rings. The van der Waals surface area contributed by atoms with Gasteiger partial charge in [0.25, 0.3) is 5.56 Å². The van der Waals surface area contributed by atoms with Crippen LogP contribution >= 0.6 is 11.8 Å². The Bertz CT molecular complexity index is 1040. The molecular weight excluding hydrogens is 416 g/mol. The van der Waals surface area contributed by atoms with E-state index in [1.54, 1.807) is 46.9 Å². The van der Waals surface area contributed by atoms with Crippen LogP contribution in [0.4, 0.5) is 16.2 Å². The smallest absolute Gasteiger partial charge is 0.321 e. The van der Waals surface area contributed by atoms with Gasteiger partial charge < -0.3 is 24.8 Å². The first kappa shape index (κ1) is 21.3. The fraction of sp³-hybridized carbons (Fsp3) is 0.409. The Morgan fingerprint density at radius 2 is 1.87 bits per heavy atom. The molecule has 2 bridgehead atoms. The summed E-state index contributed by atoms with van der Waals surface area (Å²) in [6.07, 6.45) is 2.76. The molecule has 8 nitrogen and oxygen atoms in total. The third-order valence-corrected chi connectivity index (χ3v) is 6.32. The molecule has 1 aromatic carbocycles. The van der Waals surface area contributed by atoms with Crippen LogP contribution < -0.4 is 20.9 Å². The zero-order chi connectivity index (χ0) is 22.0. The zero-order valence-electron chi connectivity index (χ0n) is 17.6. The van der Waals surface area contributed by atoms with E-state index >= 15 is 0 Å². The summed E-state index contributed by atoms with van der Waals surface area (Å²) >= 11 is 1.45. The number of thioether (sulfide) groups is 1. The maximum absolute atomic E-state index is 12.9. The molecule has 31 heavy (non-hydrogen) atoms. The molecule has 4 rings (SSSR count). The number of nitrogens with one attached hydrogen (secondary N) is 2. The molecule has 0 unspecified atom stereocenters. The topological polar surface area (TPSA) is 92.7 Å². The first-order valence-corrected chi connectivity index (χ1v) is 11.6. The second-order valence-corrected chi connectivity index (χ2v) is 8.79. The maximum atomic E-state index is 12.9. The number of rotatable bonds is 5. The molecule has 3 heterocycles. The second kappa shape index (κ2) is 9.05. The molecule has 2 atom stereocenters. The number of carbonyl (C=O) groups is 2. The van der Waals surface area contributed by atoms with Crippen LogP contribution in [0, 0.1) is 5.92 Å². The van der Waals surface area contributed by atoms with Crippen molar-refractivity contribution in [3.8, 4) is 5.75 Å². The van der Waals surface area contributed by atoms with Gasteiger partial charge in [-0.2, -0.15) is 11.8 Å².